The lowest BCUT2D eigenvalue weighted by molar-refractivity contribution is 0.107. The van der Waals surface area contributed by atoms with Crippen LogP contribution < -0.4 is 4.74 Å². The summed E-state index contributed by atoms with van der Waals surface area (Å²) >= 11 is 0. The van der Waals surface area contributed by atoms with Crippen molar-refractivity contribution in [1.82, 2.24) is 19.5 Å². The van der Waals surface area contributed by atoms with E-state index in [4.69, 9.17) is 10.00 Å². The lowest BCUT2D eigenvalue weighted by Crippen LogP contribution is -2.36. The fourth-order valence-electron chi connectivity index (χ4n) is 3.23. The van der Waals surface area contributed by atoms with Crippen molar-refractivity contribution >= 4 is 5.65 Å². The summed E-state index contributed by atoms with van der Waals surface area (Å²) in [5, 5.41) is 13.2. The number of fused-ring (bicyclic) bond motifs is 1. The summed E-state index contributed by atoms with van der Waals surface area (Å²) < 4.78 is 22.1. The molecule has 0 saturated carbocycles. The van der Waals surface area contributed by atoms with Gasteiger partial charge in [0.1, 0.15) is 11.9 Å². The number of ether oxygens (including phenoxy) is 1. The van der Waals surface area contributed by atoms with Gasteiger partial charge in [0.05, 0.1) is 17.8 Å². The van der Waals surface area contributed by atoms with Crippen LogP contribution in [0, 0.1) is 17.1 Å². The molecule has 1 saturated heterocycles. The van der Waals surface area contributed by atoms with Crippen LogP contribution in [0.4, 0.5) is 4.39 Å². The minimum Gasteiger partial charge on any atom is -0.474 e. The van der Waals surface area contributed by atoms with Crippen molar-refractivity contribution in [3.63, 3.8) is 0 Å². The topological polar surface area (TPSA) is 66.5 Å². The second-order valence-electron chi connectivity index (χ2n) is 6.50. The van der Waals surface area contributed by atoms with Crippen LogP contribution in [0.25, 0.3) is 16.8 Å². The summed E-state index contributed by atoms with van der Waals surface area (Å²) in [6.45, 7) is 2.00. The molecule has 0 bridgehead atoms. The van der Waals surface area contributed by atoms with Crippen LogP contribution in [0.2, 0.25) is 0 Å². The molecule has 26 heavy (non-hydrogen) atoms. The van der Waals surface area contributed by atoms with Crippen molar-refractivity contribution in [3.8, 4) is 23.1 Å². The van der Waals surface area contributed by atoms with Crippen molar-refractivity contribution in [3.05, 3.63) is 48.0 Å². The van der Waals surface area contributed by atoms with Gasteiger partial charge in [0, 0.05) is 36.5 Å². The van der Waals surface area contributed by atoms with Crippen LogP contribution >= 0.6 is 0 Å². The van der Waals surface area contributed by atoms with Gasteiger partial charge < -0.3 is 9.64 Å². The predicted molar refractivity (Wildman–Crippen MR) is 94.2 cm³/mol. The highest BCUT2D eigenvalue weighted by atomic mass is 19.1. The zero-order valence-corrected chi connectivity index (χ0v) is 14.4. The van der Waals surface area contributed by atoms with Gasteiger partial charge in [-0.1, -0.05) is 0 Å². The maximum atomic E-state index is 14.4. The van der Waals surface area contributed by atoms with Gasteiger partial charge in [0.25, 0.3) is 0 Å². The summed E-state index contributed by atoms with van der Waals surface area (Å²) in [5.41, 5.74) is 1.74. The summed E-state index contributed by atoms with van der Waals surface area (Å²) in [6.07, 6.45) is 5.27. The number of hydrogen-bond acceptors (Lipinski definition) is 5. The van der Waals surface area contributed by atoms with Gasteiger partial charge in [-0.25, -0.2) is 9.37 Å². The molecule has 7 heteroatoms. The quantitative estimate of drug-likeness (QED) is 0.726. The van der Waals surface area contributed by atoms with Crippen LogP contribution in [0.5, 0.6) is 5.88 Å². The molecule has 0 radical (unpaired) electrons. The molecule has 3 aromatic rings. The van der Waals surface area contributed by atoms with Crippen molar-refractivity contribution in [1.29, 1.82) is 5.26 Å². The van der Waals surface area contributed by atoms with Gasteiger partial charge >= 0.3 is 0 Å². The largest absolute Gasteiger partial charge is 0.474 e. The zero-order valence-electron chi connectivity index (χ0n) is 14.4. The van der Waals surface area contributed by atoms with Crippen LogP contribution in [-0.2, 0) is 0 Å². The predicted octanol–water partition coefficient (Wildman–Crippen LogP) is 2.88. The molecule has 1 aromatic carbocycles. The molecular formula is C19H18FN5O. The molecule has 0 N–H and O–H groups in total. The SMILES string of the molecule is CN1CCC(Oc2ccnc3c(-c4ccc(C#N)cc4F)cnn23)CC1. The molecule has 1 aliphatic rings. The Labute approximate surface area is 150 Å². The van der Waals surface area contributed by atoms with Crippen molar-refractivity contribution in [2.24, 2.45) is 0 Å². The first kappa shape index (κ1) is 16.5. The highest BCUT2D eigenvalue weighted by Gasteiger charge is 2.20. The maximum absolute atomic E-state index is 14.4. The molecule has 0 spiro atoms. The Morgan fingerprint density at radius 3 is 2.77 bits per heavy atom. The molecule has 0 unspecified atom stereocenters. The summed E-state index contributed by atoms with van der Waals surface area (Å²) in [7, 11) is 2.10. The van der Waals surface area contributed by atoms with Crippen LogP contribution in [0.1, 0.15) is 18.4 Å². The number of nitriles is 1. The second kappa shape index (κ2) is 6.73. The number of benzene rings is 1. The van der Waals surface area contributed by atoms with E-state index < -0.39 is 5.82 Å². The van der Waals surface area contributed by atoms with Crippen LogP contribution in [-0.4, -0.2) is 45.7 Å². The Kier molecular flexibility index (Phi) is 4.27. The number of hydrogen-bond donors (Lipinski definition) is 0. The first-order valence-corrected chi connectivity index (χ1v) is 8.53. The van der Waals surface area contributed by atoms with E-state index in [-0.39, 0.29) is 11.7 Å². The second-order valence-corrected chi connectivity index (χ2v) is 6.50. The fraction of sp³-hybridized carbons (Fsp3) is 0.316. The van der Waals surface area contributed by atoms with E-state index in [1.807, 2.05) is 6.07 Å². The normalized spacial score (nSPS) is 15.9. The van der Waals surface area contributed by atoms with Crippen molar-refractivity contribution < 1.29 is 9.13 Å². The Hall–Kier alpha value is -2.98. The highest BCUT2D eigenvalue weighted by molar-refractivity contribution is 5.78. The standard InChI is InChI=1S/C19H18FN5O/c1-24-8-5-14(6-9-24)26-18-4-7-22-19-16(12-23-25(18)19)15-3-2-13(11-21)10-17(15)20/h2-4,7,10,12,14H,5-6,8-9H2,1H3. The zero-order chi connectivity index (χ0) is 18.1. The van der Waals surface area contributed by atoms with E-state index >= 15 is 0 Å². The average Bonchev–Trinajstić information content (AvgIpc) is 3.08. The third-order valence-corrected chi connectivity index (χ3v) is 4.71. The Balaban J connectivity index is 1.68. The lowest BCUT2D eigenvalue weighted by atomic mass is 10.1. The third-order valence-electron chi connectivity index (χ3n) is 4.71. The molecule has 2 aromatic heterocycles. The average molecular weight is 351 g/mol. The molecule has 1 aliphatic heterocycles. The number of halogens is 1. The number of nitrogens with zero attached hydrogens (tertiary/aromatic N) is 5. The van der Waals surface area contributed by atoms with E-state index in [9.17, 15) is 4.39 Å². The van der Waals surface area contributed by atoms with Gasteiger partial charge in [0.2, 0.25) is 5.88 Å². The van der Waals surface area contributed by atoms with E-state index in [2.05, 4.69) is 22.0 Å². The minimum atomic E-state index is -0.470. The van der Waals surface area contributed by atoms with E-state index in [1.54, 1.807) is 35.1 Å². The molecule has 0 aliphatic carbocycles. The van der Waals surface area contributed by atoms with Gasteiger partial charge in [-0.3, -0.25) is 0 Å². The van der Waals surface area contributed by atoms with Gasteiger partial charge in [-0.05, 0) is 38.1 Å². The molecule has 4 rings (SSSR count). The summed E-state index contributed by atoms with van der Waals surface area (Å²) in [4.78, 5) is 6.63. The molecule has 132 valence electrons. The fourth-order valence-corrected chi connectivity index (χ4v) is 3.23. The van der Waals surface area contributed by atoms with Crippen molar-refractivity contribution in [2.45, 2.75) is 18.9 Å². The monoisotopic (exact) mass is 351 g/mol. The first-order chi connectivity index (χ1) is 12.7. The number of rotatable bonds is 3. The maximum Gasteiger partial charge on any atom is 0.218 e. The van der Waals surface area contributed by atoms with Gasteiger partial charge in [-0.15, -0.1) is 0 Å². The Morgan fingerprint density at radius 1 is 1.23 bits per heavy atom. The van der Waals surface area contributed by atoms with Gasteiger partial charge in [-0.2, -0.15) is 14.9 Å². The van der Waals surface area contributed by atoms with Gasteiger partial charge in [0.15, 0.2) is 5.65 Å². The van der Waals surface area contributed by atoms with Crippen molar-refractivity contribution in [2.75, 3.05) is 20.1 Å². The van der Waals surface area contributed by atoms with Crippen LogP contribution in [0.3, 0.4) is 0 Å². The molecule has 1 fully saturated rings. The molecule has 3 heterocycles. The number of aromatic nitrogens is 3. The van der Waals surface area contributed by atoms with E-state index in [0.29, 0.717) is 22.7 Å². The molecule has 6 nitrogen and oxygen atoms in total. The summed E-state index contributed by atoms with van der Waals surface area (Å²) in [6, 6.07) is 8.09. The van der Waals surface area contributed by atoms with Crippen LogP contribution in [0.15, 0.2) is 36.7 Å². The smallest absolute Gasteiger partial charge is 0.218 e. The minimum absolute atomic E-state index is 0.135. The third kappa shape index (κ3) is 3.00. The Bertz CT molecular complexity index is 985. The molecular weight excluding hydrogens is 333 g/mol. The number of piperidine rings is 1. The number of likely N-dealkylation sites (tertiary alicyclic amines) is 1. The lowest BCUT2D eigenvalue weighted by Gasteiger charge is -2.29. The van der Waals surface area contributed by atoms with E-state index in [0.717, 1.165) is 25.9 Å². The Morgan fingerprint density at radius 2 is 2.04 bits per heavy atom. The molecule has 0 amide bonds. The van der Waals surface area contributed by atoms with E-state index in [1.165, 1.54) is 6.07 Å². The molecule has 0 atom stereocenters. The summed E-state index contributed by atoms with van der Waals surface area (Å²) in [5.74, 6) is 0.132. The highest BCUT2D eigenvalue weighted by Crippen LogP contribution is 2.29. The first-order valence-electron chi connectivity index (χ1n) is 8.53.